The summed E-state index contributed by atoms with van der Waals surface area (Å²) in [5.74, 6) is 1.13. The van der Waals surface area contributed by atoms with Gasteiger partial charge in [0, 0.05) is 10.2 Å². The molecule has 0 bridgehead atoms. The Balaban J connectivity index is 2.47. The van der Waals surface area contributed by atoms with Crippen LogP contribution < -0.4 is 10.5 Å². The molecule has 19 heavy (non-hydrogen) atoms. The minimum atomic E-state index is 0.287. The number of benzene rings is 1. The van der Waals surface area contributed by atoms with E-state index in [0.717, 1.165) is 15.7 Å². The minimum Gasteiger partial charge on any atom is -0.438 e. The summed E-state index contributed by atoms with van der Waals surface area (Å²) in [5.41, 5.74) is 8.26. The molecule has 1 heterocycles. The Labute approximate surface area is 125 Å². The molecule has 0 radical (unpaired) electrons. The van der Waals surface area contributed by atoms with Gasteiger partial charge in [-0.25, -0.2) is 4.98 Å². The van der Waals surface area contributed by atoms with Crippen LogP contribution in [0.15, 0.2) is 34.8 Å². The summed E-state index contributed by atoms with van der Waals surface area (Å²) in [6.45, 7) is 3.85. The second kappa shape index (κ2) is 5.67. The lowest BCUT2D eigenvalue weighted by Gasteiger charge is -2.12. The topological polar surface area (TPSA) is 48.1 Å². The summed E-state index contributed by atoms with van der Waals surface area (Å²) in [6, 6.07) is 9.47. The Morgan fingerprint density at radius 2 is 2.05 bits per heavy atom. The lowest BCUT2D eigenvalue weighted by atomic mass is 10.1. The van der Waals surface area contributed by atoms with Gasteiger partial charge in [0.25, 0.3) is 0 Å². The smallest absolute Gasteiger partial charge is 0.229 e. The van der Waals surface area contributed by atoms with Crippen molar-refractivity contribution in [3.05, 3.63) is 51.6 Å². The fourth-order valence-electron chi connectivity index (χ4n) is 1.82. The number of hydrogen-bond acceptors (Lipinski definition) is 3. The van der Waals surface area contributed by atoms with Crippen LogP contribution in [0.4, 0.5) is 0 Å². The number of aromatic nitrogens is 1. The van der Waals surface area contributed by atoms with Crippen molar-refractivity contribution >= 4 is 33.1 Å². The van der Waals surface area contributed by atoms with Gasteiger partial charge in [-0.3, -0.25) is 0 Å². The summed E-state index contributed by atoms with van der Waals surface area (Å²) in [7, 11) is 0. The van der Waals surface area contributed by atoms with E-state index in [4.69, 9.17) is 22.7 Å². The number of thiocarbonyl (C=S) groups is 1. The number of aryl methyl sites for hydroxylation is 2. The van der Waals surface area contributed by atoms with Gasteiger partial charge in [-0.15, -0.1) is 0 Å². The molecule has 0 aliphatic heterocycles. The Hall–Kier alpha value is -1.46. The molecule has 0 saturated heterocycles. The third-order valence-electron chi connectivity index (χ3n) is 2.57. The van der Waals surface area contributed by atoms with Gasteiger partial charge in [0.05, 0.1) is 5.56 Å². The maximum atomic E-state index is 5.80. The molecule has 0 fully saturated rings. The highest BCUT2D eigenvalue weighted by Gasteiger charge is 2.13. The average Bonchev–Trinajstić information content (AvgIpc) is 2.26. The lowest BCUT2D eigenvalue weighted by molar-refractivity contribution is 0.460. The molecule has 0 spiro atoms. The molecule has 2 rings (SSSR count). The second-order valence-corrected chi connectivity index (χ2v) is 5.54. The van der Waals surface area contributed by atoms with Crippen molar-refractivity contribution < 1.29 is 4.74 Å². The molecule has 0 aliphatic rings. The van der Waals surface area contributed by atoms with Gasteiger partial charge in [0.1, 0.15) is 10.7 Å². The van der Waals surface area contributed by atoms with Crippen molar-refractivity contribution in [2.75, 3.05) is 0 Å². The van der Waals surface area contributed by atoms with Crippen LogP contribution in [0.1, 0.15) is 16.8 Å². The van der Waals surface area contributed by atoms with Crippen LogP contribution in [0.2, 0.25) is 0 Å². The predicted molar refractivity (Wildman–Crippen MR) is 83.8 cm³/mol. The molecule has 0 atom stereocenters. The maximum Gasteiger partial charge on any atom is 0.229 e. The van der Waals surface area contributed by atoms with Crippen LogP contribution in [0, 0.1) is 13.8 Å². The fraction of sp³-hybridized carbons (Fsp3) is 0.143. The summed E-state index contributed by atoms with van der Waals surface area (Å²) in [5, 5.41) is 0. The predicted octanol–water partition coefficient (Wildman–Crippen LogP) is 3.89. The van der Waals surface area contributed by atoms with Crippen molar-refractivity contribution in [2.24, 2.45) is 5.73 Å². The number of halogens is 1. The Kier molecular flexibility index (Phi) is 4.17. The Bertz CT molecular complexity index is 643. The average molecular weight is 337 g/mol. The van der Waals surface area contributed by atoms with Gasteiger partial charge in [-0.2, -0.15) is 0 Å². The van der Waals surface area contributed by atoms with Gasteiger partial charge in [0.15, 0.2) is 0 Å². The van der Waals surface area contributed by atoms with E-state index in [1.54, 1.807) is 0 Å². The standard InChI is InChI=1S/C14H13BrN2OS/c1-8-6-9(2)17-14(12(8)13(16)19)18-11-5-3-4-10(15)7-11/h3-7H,1-2H3,(H2,16,19). The van der Waals surface area contributed by atoms with E-state index in [1.165, 1.54) is 0 Å². The number of nitrogens with two attached hydrogens (primary N) is 1. The minimum absolute atomic E-state index is 0.287. The second-order valence-electron chi connectivity index (χ2n) is 4.18. The largest absolute Gasteiger partial charge is 0.438 e. The lowest BCUT2D eigenvalue weighted by Crippen LogP contribution is -2.14. The third kappa shape index (κ3) is 3.30. The molecule has 5 heteroatoms. The summed E-state index contributed by atoms with van der Waals surface area (Å²) in [6.07, 6.45) is 0. The highest BCUT2D eigenvalue weighted by atomic mass is 79.9. The number of hydrogen-bond donors (Lipinski definition) is 1. The zero-order valence-electron chi connectivity index (χ0n) is 10.6. The van der Waals surface area contributed by atoms with Crippen LogP contribution in [0.25, 0.3) is 0 Å². The molecule has 0 amide bonds. The van der Waals surface area contributed by atoms with E-state index >= 15 is 0 Å². The van der Waals surface area contributed by atoms with E-state index < -0.39 is 0 Å². The molecule has 0 saturated carbocycles. The van der Waals surface area contributed by atoms with Gasteiger partial charge in [-0.05, 0) is 43.7 Å². The zero-order valence-corrected chi connectivity index (χ0v) is 13.0. The molecule has 1 aromatic carbocycles. The molecule has 2 N–H and O–H groups in total. The fourth-order valence-corrected chi connectivity index (χ4v) is 2.44. The van der Waals surface area contributed by atoms with Gasteiger partial charge in [0.2, 0.25) is 5.88 Å². The highest BCUT2D eigenvalue weighted by molar-refractivity contribution is 9.10. The van der Waals surface area contributed by atoms with Crippen LogP contribution >= 0.6 is 28.1 Å². The molecular weight excluding hydrogens is 324 g/mol. The summed E-state index contributed by atoms with van der Waals surface area (Å²) < 4.78 is 6.74. The molecule has 2 aromatic rings. The molecule has 0 unspecified atom stereocenters. The quantitative estimate of drug-likeness (QED) is 0.864. The number of rotatable bonds is 3. The van der Waals surface area contributed by atoms with E-state index in [2.05, 4.69) is 20.9 Å². The first-order valence-electron chi connectivity index (χ1n) is 5.69. The third-order valence-corrected chi connectivity index (χ3v) is 3.27. The molecule has 1 aromatic heterocycles. The van der Waals surface area contributed by atoms with Crippen LogP contribution in [0.3, 0.4) is 0 Å². The number of nitrogens with zero attached hydrogens (tertiary/aromatic N) is 1. The van der Waals surface area contributed by atoms with E-state index in [1.807, 2.05) is 44.2 Å². The van der Waals surface area contributed by atoms with Gasteiger partial charge < -0.3 is 10.5 Å². The van der Waals surface area contributed by atoms with E-state index in [-0.39, 0.29) is 4.99 Å². The summed E-state index contributed by atoms with van der Waals surface area (Å²) in [4.78, 5) is 4.66. The van der Waals surface area contributed by atoms with Gasteiger partial charge >= 0.3 is 0 Å². The van der Waals surface area contributed by atoms with Crippen LogP contribution in [0.5, 0.6) is 11.6 Å². The molecule has 98 valence electrons. The van der Waals surface area contributed by atoms with Crippen molar-refractivity contribution in [1.29, 1.82) is 0 Å². The first-order valence-corrected chi connectivity index (χ1v) is 6.89. The van der Waals surface area contributed by atoms with Crippen molar-refractivity contribution in [1.82, 2.24) is 4.98 Å². The van der Waals surface area contributed by atoms with Crippen molar-refractivity contribution in [3.8, 4) is 11.6 Å². The van der Waals surface area contributed by atoms with Gasteiger partial charge in [-0.1, -0.05) is 34.2 Å². The number of ether oxygens (including phenoxy) is 1. The van der Waals surface area contributed by atoms with Crippen molar-refractivity contribution in [3.63, 3.8) is 0 Å². The molecular formula is C14H13BrN2OS. The van der Waals surface area contributed by atoms with E-state index in [0.29, 0.717) is 17.2 Å². The highest BCUT2D eigenvalue weighted by Crippen LogP contribution is 2.28. The molecule has 0 aliphatic carbocycles. The van der Waals surface area contributed by atoms with E-state index in [9.17, 15) is 0 Å². The normalized spacial score (nSPS) is 10.3. The first kappa shape index (κ1) is 14.0. The monoisotopic (exact) mass is 336 g/mol. The van der Waals surface area contributed by atoms with Crippen LogP contribution in [-0.2, 0) is 0 Å². The molecule has 3 nitrogen and oxygen atoms in total. The maximum absolute atomic E-state index is 5.80. The van der Waals surface area contributed by atoms with Crippen molar-refractivity contribution in [2.45, 2.75) is 13.8 Å². The Morgan fingerprint density at radius 3 is 2.68 bits per heavy atom. The van der Waals surface area contributed by atoms with Crippen LogP contribution in [-0.4, -0.2) is 9.97 Å². The SMILES string of the molecule is Cc1cc(C)c(C(N)=S)c(Oc2cccc(Br)c2)n1. The zero-order chi connectivity index (χ0) is 14.0. The number of pyridine rings is 1. The first-order chi connectivity index (χ1) is 8.97. The summed E-state index contributed by atoms with van der Waals surface area (Å²) >= 11 is 8.47. The Morgan fingerprint density at radius 1 is 1.32 bits per heavy atom.